The highest BCUT2D eigenvalue weighted by Gasteiger charge is 2.02. The van der Waals surface area contributed by atoms with Crippen LogP contribution < -0.4 is 5.73 Å². The molecule has 4 nitrogen and oxygen atoms in total. The molecular weight excluding hydrogens is 202 g/mol. The average molecular weight is 213 g/mol. The fourth-order valence-corrected chi connectivity index (χ4v) is 1.26. The zero-order chi connectivity index (χ0) is 11.4. The first kappa shape index (κ1) is 10.2. The van der Waals surface area contributed by atoms with Crippen LogP contribution in [0.1, 0.15) is 0 Å². The predicted molar refractivity (Wildman–Crippen MR) is 62.7 cm³/mol. The monoisotopic (exact) mass is 213 g/mol. The second-order valence-corrected chi connectivity index (χ2v) is 3.30. The molecule has 0 unspecified atom stereocenters. The number of anilines is 1. The number of nitrogens with zero attached hydrogens (tertiary/aromatic N) is 2. The third kappa shape index (κ3) is 2.36. The summed E-state index contributed by atoms with van der Waals surface area (Å²) in [6, 6.07) is 15.7. The van der Waals surface area contributed by atoms with Crippen LogP contribution in [0.4, 0.5) is 17.1 Å². The fraction of sp³-hybridized carbons (Fsp3) is 0. The van der Waals surface area contributed by atoms with Gasteiger partial charge < -0.3 is 10.9 Å². The SMILES string of the molecule is Nc1ccc(/[N+]([O-])=N/c2ccccc2)cc1. The molecule has 2 aromatic rings. The van der Waals surface area contributed by atoms with E-state index in [0.717, 1.165) is 0 Å². The van der Waals surface area contributed by atoms with Crippen molar-refractivity contribution in [3.63, 3.8) is 0 Å². The second kappa shape index (κ2) is 4.44. The van der Waals surface area contributed by atoms with E-state index < -0.39 is 0 Å². The first-order valence-electron chi connectivity index (χ1n) is 4.85. The van der Waals surface area contributed by atoms with Crippen molar-refractivity contribution in [3.8, 4) is 0 Å². The van der Waals surface area contributed by atoms with Crippen molar-refractivity contribution in [3.05, 3.63) is 59.8 Å². The Balaban J connectivity index is 2.28. The van der Waals surface area contributed by atoms with E-state index in [9.17, 15) is 5.21 Å². The van der Waals surface area contributed by atoms with Gasteiger partial charge in [-0.25, -0.2) is 0 Å². The van der Waals surface area contributed by atoms with Gasteiger partial charge >= 0.3 is 0 Å². The molecule has 0 aromatic heterocycles. The van der Waals surface area contributed by atoms with Gasteiger partial charge in [-0.15, -0.1) is 0 Å². The zero-order valence-corrected chi connectivity index (χ0v) is 8.58. The van der Waals surface area contributed by atoms with Crippen LogP contribution >= 0.6 is 0 Å². The molecule has 2 rings (SSSR count). The van der Waals surface area contributed by atoms with Crippen LogP contribution in [0.2, 0.25) is 0 Å². The normalized spacial score (nSPS) is 11.4. The number of hydrogen-bond donors (Lipinski definition) is 1. The lowest BCUT2D eigenvalue weighted by Gasteiger charge is -1.99. The Morgan fingerprint density at radius 1 is 0.938 bits per heavy atom. The summed E-state index contributed by atoms with van der Waals surface area (Å²) in [5.74, 6) is 0. The van der Waals surface area contributed by atoms with E-state index in [4.69, 9.17) is 5.73 Å². The van der Waals surface area contributed by atoms with Gasteiger partial charge in [-0.1, -0.05) is 23.1 Å². The Kier molecular flexibility index (Phi) is 2.82. The summed E-state index contributed by atoms with van der Waals surface area (Å²) in [4.78, 5) is 0.578. The van der Waals surface area contributed by atoms with Gasteiger partial charge in [-0.3, -0.25) is 0 Å². The molecule has 80 valence electrons. The average Bonchev–Trinajstić information content (AvgIpc) is 2.31. The van der Waals surface area contributed by atoms with Crippen molar-refractivity contribution >= 4 is 17.1 Å². The van der Waals surface area contributed by atoms with Gasteiger partial charge in [-0.2, -0.15) is 0 Å². The van der Waals surface area contributed by atoms with Gasteiger partial charge in [0.25, 0.3) is 0 Å². The number of azo groups is 1. The molecule has 2 N–H and O–H groups in total. The maximum absolute atomic E-state index is 11.6. The second-order valence-electron chi connectivity index (χ2n) is 3.30. The van der Waals surface area contributed by atoms with Crippen molar-refractivity contribution in [1.82, 2.24) is 0 Å². The summed E-state index contributed by atoms with van der Waals surface area (Å²) in [6.45, 7) is 0. The number of hydrogen-bond acceptors (Lipinski definition) is 3. The van der Waals surface area contributed by atoms with Gasteiger partial charge in [0.2, 0.25) is 5.69 Å². The zero-order valence-electron chi connectivity index (χ0n) is 8.58. The summed E-state index contributed by atoms with van der Waals surface area (Å²) in [7, 11) is 0. The minimum absolute atomic E-state index is 0.457. The minimum atomic E-state index is 0.457. The van der Waals surface area contributed by atoms with Crippen LogP contribution in [0.5, 0.6) is 0 Å². The van der Waals surface area contributed by atoms with E-state index in [-0.39, 0.29) is 0 Å². The number of benzene rings is 2. The molecular formula is C12H11N3O. The first-order valence-corrected chi connectivity index (χ1v) is 4.85. The van der Waals surface area contributed by atoms with Crippen LogP contribution in [0, 0.1) is 5.21 Å². The van der Waals surface area contributed by atoms with Gasteiger partial charge in [0.1, 0.15) is 5.69 Å². The van der Waals surface area contributed by atoms with Crippen molar-refractivity contribution in [2.45, 2.75) is 0 Å². The minimum Gasteiger partial charge on any atom is -0.594 e. The van der Waals surface area contributed by atoms with Crippen LogP contribution in [0.25, 0.3) is 0 Å². The maximum atomic E-state index is 11.6. The van der Waals surface area contributed by atoms with Gasteiger partial charge in [-0.05, 0) is 24.3 Å². The number of nitrogens with two attached hydrogens (primary N) is 1. The number of rotatable bonds is 2. The van der Waals surface area contributed by atoms with Crippen molar-refractivity contribution in [2.24, 2.45) is 5.11 Å². The summed E-state index contributed by atoms with van der Waals surface area (Å²) in [5, 5.41) is 15.5. The highest BCUT2D eigenvalue weighted by atomic mass is 16.5. The van der Waals surface area contributed by atoms with Crippen molar-refractivity contribution in [2.75, 3.05) is 5.73 Å². The van der Waals surface area contributed by atoms with E-state index in [0.29, 0.717) is 21.9 Å². The van der Waals surface area contributed by atoms with Crippen LogP contribution in [-0.4, -0.2) is 4.86 Å². The molecule has 0 aliphatic carbocycles. The lowest BCUT2D eigenvalue weighted by atomic mass is 10.3. The fourth-order valence-electron chi connectivity index (χ4n) is 1.26. The molecule has 2 aromatic carbocycles. The van der Waals surface area contributed by atoms with Gasteiger partial charge in [0, 0.05) is 22.9 Å². The van der Waals surface area contributed by atoms with E-state index in [1.165, 1.54) is 0 Å². The third-order valence-electron chi connectivity index (χ3n) is 2.08. The van der Waals surface area contributed by atoms with Crippen LogP contribution in [0.3, 0.4) is 0 Å². The highest BCUT2D eigenvalue weighted by Crippen LogP contribution is 2.17. The topological polar surface area (TPSA) is 64.5 Å². The maximum Gasteiger partial charge on any atom is 0.245 e. The molecule has 0 saturated heterocycles. The van der Waals surface area contributed by atoms with E-state index in [1.807, 2.05) is 18.2 Å². The Hall–Kier alpha value is -2.36. The summed E-state index contributed by atoms with van der Waals surface area (Å²) >= 11 is 0. The Morgan fingerprint density at radius 2 is 1.56 bits per heavy atom. The lowest BCUT2D eigenvalue weighted by molar-refractivity contribution is -0.435. The molecule has 0 saturated carbocycles. The number of nitrogen functional groups attached to an aromatic ring is 1. The summed E-state index contributed by atoms with van der Waals surface area (Å²) in [5.41, 5.74) is 7.23. The van der Waals surface area contributed by atoms with Crippen LogP contribution in [0.15, 0.2) is 59.7 Å². The molecule has 0 spiro atoms. The van der Waals surface area contributed by atoms with E-state index in [2.05, 4.69) is 5.11 Å². The third-order valence-corrected chi connectivity index (χ3v) is 2.08. The van der Waals surface area contributed by atoms with Gasteiger partial charge in [0.05, 0.1) is 0 Å². The Bertz CT molecular complexity index is 491. The molecule has 0 heterocycles. The molecule has 0 bridgehead atoms. The van der Waals surface area contributed by atoms with Crippen LogP contribution in [-0.2, 0) is 0 Å². The highest BCUT2D eigenvalue weighted by molar-refractivity contribution is 5.44. The summed E-state index contributed by atoms with van der Waals surface area (Å²) < 4.78 is 0. The standard InChI is InChI=1S/C12H11N3O/c13-10-6-8-12(9-7-10)15(16)14-11-4-2-1-3-5-11/h1-9H,13H2/b15-14-. The molecule has 0 fully saturated rings. The molecule has 0 aliphatic rings. The quantitative estimate of drug-likeness (QED) is 0.360. The van der Waals surface area contributed by atoms with Crippen molar-refractivity contribution in [1.29, 1.82) is 0 Å². The lowest BCUT2D eigenvalue weighted by Crippen LogP contribution is -1.91. The van der Waals surface area contributed by atoms with E-state index >= 15 is 0 Å². The molecule has 0 atom stereocenters. The molecule has 0 radical (unpaired) electrons. The molecule has 0 aliphatic heterocycles. The van der Waals surface area contributed by atoms with E-state index in [1.54, 1.807) is 36.4 Å². The Morgan fingerprint density at radius 3 is 2.19 bits per heavy atom. The molecule has 4 heteroatoms. The summed E-state index contributed by atoms with van der Waals surface area (Å²) in [6.07, 6.45) is 0. The Labute approximate surface area is 93.2 Å². The largest absolute Gasteiger partial charge is 0.594 e. The first-order chi connectivity index (χ1) is 7.75. The molecule has 0 amide bonds. The smallest absolute Gasteiger partial charge is 0.245 e. The van der Waals surface area contributed by atoms with Crippen molar-refractivity contribution < 1.29 is 4.86 Å². The van der Waals surface area contributed by atoms with Gasteiger partial charge in [0.15, 0.2) is 0 Å². The molecule has 16 heavy (non-hydrogen) atoms. The predicted octanol–water partition coefficient (Wildman–Crippen LogP) is 3.19.